The topological polar surface area (TPSA) is 17.8 Å². The lowest BCUT2D eigenvalue weighted by Crippen LogP contribution is -1.96. The Morgan fingerprint density at radius 2 is 1.59 bits per heavy atom. The summed E-state index contributed by atoms with van der Waals surface area (Å²) in [5.41, 5.74) is 1.80. The molecule has 0 fully saturated rings. The van der Waals surface area contributed by atoms with Crippen molar-refractivity contribution in [3.05, 3.63) is 75.5 Å². The Labute approximate surface area is 148 Å². The van der Waals surface area contributed by atoms with Crippen LogP contribution < -0.4 is 0 Å². The van der Waals surface area contributed by atoms with Crippen molar-refractivity contribution in [1.29, 1.82) is 0 Å². The monoisotopic (exact) mass is 368 g/mol. The third kappa shape index (κ3) is 3.28. The fourth-order valence-corrected chi connectivity index (χ4v) is 3.97. The first-order valence-electron chi connectivity index (χ1n) is 6.51. The van der Waals surface area contributed by atoms with E-state index >= 15 is 0 Å². The van der Waals surface area contributed by atoms with Crippen LogP contribution in [0.5, 0.6) is 0 Å². The Kier molecular flexibility index (Phi) is 4.99. The third-order valence-electron chi connectivity index (χ3n) is 3.13. The maximum atomic E-state index is 6.26. The van der Waals surface area contributed by atoms with Gasteiger partial charge in [0.15, 0.2) is 5.16 Å². The van der Waals surface area contributed by atoms with Gasteiger partial charge in [-0.15, -0.1) is 0 Å². The van der Waals surface area contributed by atoms with E-state index in [-0.39, 0.29) is 0 Å². The van der Waals surface area contributed by atoms with Crippen molar-refractivity contribution in [1.82, 2.24) is 9.55 Å². The van der Waals surface area contributed by atoms with E-state index in [4.69, 9.17) is 34.8 Å². The molecule has 1 heterocycles. The van der Waals surface area contributed by atoms with E-state index in [1.165, 1.54) is 0 Å². The molecule has 0 atom stereocenters. The Morgan fingerprint density at radius 1 is 0.909 bits per heavy atom. The van der Waals surface area contributed by atoms with Crippen molar-refractivity contribution in [2.24, 2.45) is 0 Å². The van der Waals surface area contributed by atoms with Crippen molar-refractivity contribution >= 4 is 46.6 Å². The number of benzene rings is 2. The minimum absolute atomic E-state index is 0.639. The van der Waals surface area contributed by atoms with Crippen LogP contribution in [0.15, 0.2) is 60.0 Å². The highest BCUT2D eigenvalue weighted by atomic mass is 35.5. The zero-order chi connectivity index (χ0) is 15.5. The van der Waals surface area contributed by atoms with Crippen LogP contribution in [0.4, 0.5) is 0 Å². The molecule has 0 unspecified atom stereocenters. The van der Waals surface area contributed by atoms with E-state index in [0.29, 0.717) is 20.8 Å². The van der Waals surface area contributed by atoms with Crippen molar-refractivity contribution in [3.63, 3.8) is 0 Å². The van der Waals surface area contributed by atoms with Gasteiger partial charge in [0.05, 0.1) is 10.7 Å². The molecule has 0 aliphatic rings. The van der Waals surface area contributed by atoms with Crippen molar-refractivity contribution < 1.29 is 0 Å². The summed E-state index contributed by atoms with van der Waals surface area (Å²) >= 11 is 20.2. The second kappa shape index (κ2) is 6.97. The molecule has 0 amide bonds. The molecule has 1 aromatic heterocycles. The van der Waals surface area contributed by atoms with Crippen molar-refractivity contribution in [2.45, 2.75) is 10.9 Å². The van der Waals surface area contributed by atoms with E-state index in [1.807, 2.05) is 53.2 Å². The minimum atomic E-state index is 0.639. The molecule has 2 aromatic carbocycles. The average molecular weight is 370 g/mol. The summed E-state index contributed by atoms with van der Waals surface area (Å²) in [6.07, 6.45) is 3.64. The Hall–Kier alpha value is -1.13. The normalized spacial score (nSPS) is 10.9. The van der Waals surface area contributed by atoms with Crippen LogP contribution in [-0.2, 0) is 5.75 Å². The second-order valence-corrected chi connectivity index (χ2v) is 6.68. The first-order chi connectivity index (χ1) is 10.7. The van der Waals surface area contributed by atoms with Crippen LogP contribution in [-0.4, -0.2) is 9.55 Å². The highest BCUT2D eigenvalue weighted by Gasteiger charge is 2.11. The zero-order valence-electron chi connectivity index (χ0n) is 11.3. The minimum Gasteiger partial charge on any atom is -0.293 e. The van der Waals surface area contributed by atoms with Crippen LogP contribution in [0.25, 0.3) is 5.69 Å². The van der Waals surface area contributed by atoms with Crippen LogP contribution in [0.1, 0.15) is 5.56 Å². The molecule has 0 radical (unpaired) electrons. The lowest BCUT2D eigenvalue weighted by atomic mass is 10.2. The lowest BCUT2D eigenvalue weighted by Gasteiger charge is -2.10. The van der Waals surface area contributed by atoms with Gasteiger partial charge in [-0.25, -0.2) is 4.98 Å². The predicted octanol–water partition coefficient (Wildman–Crippen LogP) is 6.12. The maximum Gasteiger partial charge on any atom is 0.172 e. The molecular formula is C16H11Cl3N2S. The SMILES string of the molecule is Clc1ccccc1-n1ccnc1SCc1c(Cl)cccc1Cl. The smallest absolute Gasteiger partial charge is 0.172 e. The summed E-state index contributed by atoms with van der Waals surface area (Å²) in [5.74, 6) is 0.639. The molecule has 0 saturated heterocycles. The number of aromatic nitrogens is 2. The molecule has 112 valence electrons. The van der Waals surface area contributed by atoms with Gasteiger partial charge < -0.3 is 0 Å². The summed E-state index contributed by atoms with van der Waals surface area (Å²) in [6.45, 7) is 0. The third-order valence-corrected chi connectivity index (χ3v) is 5.15. The van der Waals surface area contributed by atoms with Gasteiger partial charge in [0.25, 0.3) is 0 Å². The maximum absolute atomic E-state index is 6.26. The number of halogens is 3. The largest absolute Gasteiger partial charge is 0.293 e. The van der Waals surface area contributed by atoms with Gasteiger partial charge in [-0.05, 0) is 29.8 Å². The highest BCUT2D eigenvalue weighted by molar-refractivity contribution is 7.98. The highest BCUT2D eigenvalue weighted by Crippen LogP contribution is 2.32. The Morgan fingerprint density at radius 3 is 2.32 bits per heavy atom. The number of para-hydroxylation sites is 1. The molecule has 0 aliphatic heterocycles. The molecule has 0 bridgehead atoms. The van der Waals surface area contributed by atoms with Gasteiger partial charge in [0.1, 0.15) is 0 Å². The molecule has 3 rings (SSSR count). The van der Waals surface area contributed by atoms with Crippen LogP contribution in [0, 0.1) is 0 Å². The quantitative estimate of drug-likeness (QED) is 0.515. The fourth-order valence-electron chi connectivity index (χ4n) is 2.03. The molecule has 6 heteroatoms. The number of hydrogen-bond acceptors (Lipinski definition) is 2. The average Bonchev–Trinajstić information content (AvgIpc) is 2.95. The zero-order valence-corrected chi connectivity index (χ0v) is 14.4. The summed E-state index contributed by atoms with van der Waals surface area (Å²) in [6, 6.07) is 13.2. The van der Waals surface area contributed by atoms with Gasteiger partial charge in [-0.1, -0.05) is 64.8 Å². The fraction of sp³-hybridized carbons (Fsp3) is 0.0625. The molecule has 0 spiro atoms. The van der Waals surface area contributed by atoms with Crippen LogP contribution in [0.3, 0.4) is 0 Å². The van der Waals surface area contributed by atoms with Crippen LogP contribution >= 0.6 is 46.6 Å². The number of thioether (sulfide) groups is 1. The molecule has 0 N–H and O–H groups in total. The molecular weight excluding hydrogens is 359 g/mol. The van der Waals surface area contributed by atoms with Crippen molar-refractivity contribution in [3.8, 4) is 5.69 Å². The standard InChI is InChI=1S/C16H11Cl3N2S/c17-12-5-3-6-13(18)11(12)10-22-16-20-8-9-21(16)15-7-2-1-4-14(15)19/h1-9H,10H2. The lowest BCUT2D eigenvalue weighted by molar-refractivity contribution is 0.895. The first-order valence-corrected chi connectivity index (χ1v) is 8.62. The Balaban J connectivity index is 1.86. The Bertz CT molecular complexity index is 781. The molecule has 0 saturated carbocycles. The van der Waals surface area contributed by atoms with Gasteiger partial charge in [0, 0.05) is 28.2 Å². The van der Waals surface area contributed by atoms with Gasteiger partial charge in [-0.2, -0.15) is 0 Å². The van der Waals surface area contributed by atoms with E-state index in [1.54, 1.807) is 18.0 Å². The predicted molar refractivity (Wildman–Crippen MR) is 94.6 cm³/mol. The summed E-state index contributed by atoms with van der Waals surface area (Å²) in [7, 11) is 0. The number of imidazole rings is 1. The van der Waals surface area contributed by atoms with E-state index in [2.05, 4.69) is 4.98 Å². The molecule has 3 aromatic rings. The van der Waals surface area contributed by atoms with Gasteiger partial charge >= 0.3 is 0 Å². The van der Waals surface area contributed by atoms with Gasteiger partial charge in [0.2, 0.25) is 0 Å². The van der Waals surface area contributed by atoms with Gasteiger partial charge in [-0.3, -0.25) is 4.57 Å². The first kappa shape index (κ1) is 15.8. The summed E-state index contributed by atoms with van der Waals surface area (Å²) in [4.78, 5) is 4.39. The number of rotatable bonds is 4. The number of hydrogen-bond donors (Lipinski definition) is 0. The molecule has 0 aliphatic carbocycles. The number of nitrogens with zero attached hydrogens (tertiary/aromatic N) is 2. The molecule has 22 heavy (non-hydrogen) atoms. The molecule has 2 nitrogen and oxygen atoms in total. The summed E-state index contributed by atoms with van der Waals surface area (Å²) in [5, 5.41) is 2.84. The van der Waals surface area contributed by atoms with E-state index < -0.39 is 0 Å². The second-order valence-electron chi connectivity index (χ2n) is 4.52. The van der Waals surface area contributed by atoms with Crippen LogP contribution in [0.2, 0.25) is 15.1 Å². The summed E-state index contributed by atoms with van der Waals surface area (Å²) < 4.78 is 1.96. The van der Waals surface area contributed by atoms with Crippen molar-refractivity contribution in [2.75, 3.05) is 0 Å². The van der Waals surface area contributed by atoms with E-state index in [0.717, 1.165) is 16.4 Å². The van der Waals surface area contributed by atoms with E-state index in [9.17, 15) is 0 Å².